The molecule has 2 rings (SSSR count). The molecule has 24 heavy (non-hydrogen) atoms. The SMILES string of the molecule is CNC(C)CNC(=O)C1CCCN(S(=O)(=O)c2ccc(F)cc2)C1. The van der Waals surface area contributed by atoms with Crippen molar-refractivity contribution >= 4 is 15.9 Å². The minimum atomic E-state index is -3.71. The number of benzene rings is 1. The second kappa shape index (κ2) is 8.04. The van der Waals surface area contributed by atoms with Crippen molar-refractivity contribution in [3.63, 3.8) is 0 Å². The summed E-state index contributed by atoms with van der Waals surface area (Å²) in [5.41, 5.74) is 0. The highest BCUT2D eigenvalue weighted by Crippen LogP contribution is 2.24. The normalized spacial score (nSPS) is 20.5. The molecule has 2 atom stereocenters. The number of likely N-dealkylation sites (N-methyl/N-ethyl adjacent to an activating group) is 1. The Balaban J connectivity index is 2.04. The van der Waals surface area contributed by atoms with Crippen LogP contribution in [-0.2, 0) is 14.8 Å². The molecule has 1 heterocycles. The Morgan fingerprint density at radius 3 is 2.67 bits per heavy atom. The van der Waals surface area contributed by atoms with Crippen molar-refractivity contribution in [3.8, 4) is 0 Å². The Morgan fingerprint density at radius 1 is 1.38 bits per heavy atom. The standard InChI is InChI=1S/C16H24FN3O3S/c1-12(18-2)10-19-16(21)13-4-3-9-20(11-13)24(22,23)15-7-5-14(17)6-8-15/h5-8,12-13,18H,3-4,9-11H2,1-2H3,(H,19,21). The summed E-state index contributed by atoms with van der Waals surface area (Å²) in [6.07, 6.45) is 1.29. The van der Waals surface area contributed by atoms with E-state index in [4.69, 9.17) is 0 Å². The summed E-state index contributed by atoms with van der Waals surface area (Å²) < 4.78 is 39.6. The average molecular weight is 357 g/mol. The van der Waals surface area contributed by atoms with Crippen LogP contribution in [0.3, 0.4) is 0 Å². The molecule has 1 amide bonds. The van der Waals surface area contributed by atoms with Gasteiger partial charge in [0.05, 0.1) is 10.8 Å². The number of hydrogen-bond acceptors (Lipinski definition) is 4. The maximum atomic E-state index is 13.0. The van der Waals surface area contributed by atoms with Gasteiger partial charge in [0.1, 0.15) is 5.82 Å². The first-order valence-corrected chi connectivity index (χ1v) is 9.49. The molecule has 0 aromatic heterocycles. The summed E-state index contributed by atoms with van der Waals surface area (Å²) in [5.74, 6) is -0.974. The second-order valence-corrected chi connectivity index (χ2v) is 8.03. The van der Waals surface area contributed by atoms with E-state index >= 15 is 0 Å². The first kappa shape index (κ1) is 18.8. The van der Waals surface area contributed by atoms with Gasteiger partial charge in [0, 0.05) is 25.7 Å². The largest absolute Gasteiger partial charge is 0.354 e. The van der Waals surface area contributed by atoms with Gasteiger partial charge in [-0.2, -0.15) is 4.31 Å². The van der Waals surface area contributed by atoms with E-state index in [0.717, 1.165) is 12.1 Å². The molecule has 0 spiro atoms. The van der Waals surface area contributed by atoms with Crippen LogP contribution < -0.4 is 10.6 Å². The predicted octanol–water partition coefficient (Wildman–Crippen LogP) is 0.950. The molecule has 1 aromatic carbocycles. The molecular weight excluding hydrogens is 333 g/mol. The number of halogens is 1. The molecule has 1 fully saturated rings. The van der Waals surface area contributed by atoms with E-state index in [1.807, 2.05) is 14.0 Å². The van der Waals surface area contributed by atoms with Crippen molar-refractivity contribution in [2.45, 2.75) is 30.7 Å². The first-order valence-electron chi connectivity index (χ1n) is 8.05. The molecular formula is C16H24FN3O3S. The fourth-order valence-corrected chi connectivity index (χ4v) is 4.15. The van der Waals surface area contributed by atoms with Crippen LogP contribution in [0.1, 0.15) is 19.8 Å². The first-order chi connectivity index (χ1) is 11.3. The molecule has 1 saturated heterocycles. The lowest BCUT2D eigenvalue weighted by molar-refractivity contribution is -0.126. The summed E-state index contributed by atoms with van der Waals surface area (Å²) in [7, 11) is -1.89. The van der Waals surface area contributed by atoms with E-state index in [9.17, 15) is 17.6 Å². The molecule has 134 valence electrons. The van der Waals surface area contributed by atoms with Crippen LogP contribution in [-0.4, -0.2) is 51.4 Å². The van der Waals surface area contributed by atoms with Crippen molar-refractivity contribution in [1.82, 2.24) is 14.9 Å². The predicted molar refractivity (Wildman–Crippen MR) is 89.4 cm³/mol. The maximum absolute atomic E-state index is 13.0. The van der Waals surface area contributed by atoms with Crippen molar-refractivity contribution in [2.75, 3.05) is 26.7 Å². The number of nitrogens with zero attached hydrogens (tertiary/aromatic N) is 1. The molecule has 2 unspecified atom stereocenters. The second-order valence-electron chi connectivity index (χ2n) is 6.09. The van der Waals surface area contributed by atoms with Crippen LogP contribution in [0.25, 0.3) is 0 Å². The van der Waals surface area contributed by atoms with Crippen molar-refractivity contribution < 1.29 is 17.6 Å². The zero-order valence-electron chi connectivity index (χ0n) is 14.0. The van der Waals surface area contributed by atoms with Crippen molar-refractivity contribution in [3.05, 3.63) is 30.1 Å². The highest BCUT2D eigenvalue weighted by atomic mass is 32.2. The number of sulfonamides is 1. The van der Waals surface area contributed by atoms with Gasteiger partial charge in [-0.1, -0.05) is 0 Å². The molecule has 8 heteroatoms. The molecule has 6 nitrogen and oxygen atoms in total. The smallest absolute Gasteiger partial charge is 0.243 e. The fraction of sp³-hybridized carbons (Fsp3) is 0.562. The van der Waals surface area contributed by atoms with Gasteiger partial charge in [0.25, 0.3) is 0 Å². The Bertz CT molecular complexity index is 664. The van der Waals surface area contributed by atoms with E-state index in [1.165, 1.54) is 16.4 Å². The third-order valence-corrected chi connectivity index (χ3v) is 6.16. The van der Waals surface area contributed by atoms with E-state index in [1.54, 1.807) is 0 Å². The summed E-state index contributed by atoms with van der Waals surface area (Å²) in [4.78, 5) is 12.3. The van der Waals surface area contributed by atoms with Crippen LogP contribution in [0.15, 0.2) is 29.2 Å². The van der Waals surface area contributed by atoms with Gasteiger partial charge in [-0.15, -0.1) is 0 Å². The topological polar surface area (TPSA) is 78.5 Å². The Morgan fingerprint density at radius 2 is 2.04 bits per heavy atom. The third kappa shape index (κ3) is 4.52. The zero-order chi connectivity index (χ0) is 17.7. The van der Waals surface area contributed by atoms with Gasteiger partial charge < -0.3 is 10.6 Å². The fourth-order valence-electron chi connectivity index (χ4n) is 2.63. The number of carbonyl (C=O) groups is 1. The number of piperidine rings is 1. The van der Waals surface area contributed by atoms with Crippen LogP contribution in [0.4, 0.5) is 4.39 Å². The number of carbonyl (C=O) groups excluding carboxylic acids is 1. The molecule has 0 aliphatic carbocycles. The Labute approximate surface area is 142 Å². The van der Waals surface area contributed by atoms with Crippen LogP contribution in [0.5, 0.6) is 0 Å². The monoisotopic (exact) mass is 357 g/mol. The molecule has 1 aliphatic heterocycles. The number of amides is 1. The van der Waals surface area contributed by atoms with Crippen LogP contribution in [0.2, 0.25) is 0 Å². The van der Waals surface area contributed by atoms with E-state index in [-0.39, 0.29) is 29.3 Å². The van der Waals surface area contributed by atoms with Gasteiger partial charge in [0.2, 0.25) is 15.9 Å². The van der Waals surface area contributed by atoms with E-state index in [2.05, 4.69) is 10.6 Å². The van der Waals surface area contributed by atoms with E-state index in [0.29, 0.717) is 25.9 Å². The lowest BCUT2D eigenvalue weighted by Gasteiger charge is -2.31. The van der Waals surface area contributed by atoms with Gasteiger partial charge in [-0.3, -0.25) is 4.79 Å². The highest BCUT2D eigenvalue weighted by molar-refractivity contribution is 7.89. The van der Waals surface area contributed by atoms with Crippen LogP contribution in [0, 0.1) is 11.7 Å². The van der Waals surface area contributed by atoms with Crippen molar-refractivity contribution in [1.29, 1.82) is 0 Å². The van der Waals surface area contributed by atoms with Crippen molar-refractivity contribution in [2.24, 2.45) is 5.92 Å². The number of rotatable bonds is 6. The minimum Gasteiger partial charge on any atom is -0.354 e. The summed E-state index contributed by atoms with van der Waals surface area (Å²) in [6, 6.07) is 4.91. The molecule has 1 aromatic rings. The zero-order valence-corrected chi connectivity index (χ0v) is 14.8. The molecule has 0 radical (unpaired) electrons. The Kier molecular flexibility index (Phi) is 6.31. The lowest BCUT2D eigenvalue weighted by atomic mass is 9.99. The van der Waals surface area contributed by atoms with Crippen LogP contribution >= 0.6 is 0 Å². The third-order valence-electron chi connectivity index (χ3n) is 4.28. The summed E-state index contributed by atoms with van der Waals surface area (Å²) in [6.45, 7) is 2.97. The maximum Gasteiger partial charge on any atom is 0.243 e. The average Bonchev–Trinajstić information content (AvgIpc) is 2.59. The molecule has 0 bridgehead atoms. The van der Waals surface area contributed by atoms with Gasteiger partial charge in [0.15, 0.2) is 0 Å². The molecule has 1 aliphatic rings. The quantitative estimate of drug-likeness (QED) is 0.795. The minimum absolute atomic E-state index is 0.0498. The lowest BCUT2D eigenvalue weighted by Crippen LogP contribution is -2.47. The highest BCUT2D eigenvalue weighted by Gasteiger charge is 2.33. The number of hydrogen-bond donors (Lipinski definition) is 2. The van der Waals surface area contributed by atoms with Gasteiger partial charge >= 0.3 is 0 Å². The summed E-state index contributed by atoms with van der Waals surface area (Å²) >= 11 is 0. The Hall–Kier alpha value is -1.51. The summed E-state index contributed by atoms with van der Waals surface area (Å²) in [5, 5.41) is 5.88. The molecule has 0 saturated carbocycles. The van der Waals surface area contributed by atoms with Gasteiger partial charge in [-0.05, 0) is 51.1 Å². The molecule has 2 N–H and O–H groups in total. The number of nitrogens with one attached hydrogen (secondary N) is 2. The van der Waals surface area contributed by atoms with Gasteiger partial charge in [-0.25, -0.2) is 12.8 Å². The van der Waals surface area contributed by atoms with E-state index < -0.39 is 15.8 Å².